The van der Waals surface area contributed by atoms with Crippen LogP contribution in [0.5, 0.6) is 0 Å². The topological polar surface area (TPSA) is 52.7 Å². The first-order chi connectivity index (χ1) is 9.47. The average molecular weight is 277 g/mol. The van der Waals surface area contributed by atoms with E-state index in [0.29, 0.717) is 6.54 Å². The monoisotopic (exact) mass is 277 g/mol. The predicted octanol–water partition coefficient (Wildman–Crippen LogP) is 2.41. The summed E-state index contributed by atoms with van der Waals surface area (Å²) < 4.78 is 0. The van der Waals surface area contributed by atoms with E-state index in [1.54, 1.807) is 25.9 Å². The minimum atomic E-state index is -0.509. The van der Waals surface area contributed by atoms with Crippen molar-refractivity contribution < 1.29 is 9.59 Å². The largest absolute Gasteiger partial charge is 0.331 e. The molecule has 1 aromatic rings. The molecule has 3 amide bonds. The Morgan fingerprint density at radius 1 is 1.20 bits per heavy atom. The molecule has 0 saturated carbocycles. The van der Waals surface area contributed by atoms with E-state index >= 15 is 0 Å². The van der Waals surface area contributed by atoms with Crippen LogP contribution in [0.15, 0.2) is 30.3 Å². The summed E-state index contributed by atoms with van der Waals surface area (Å²) in [5.41, 5.74) is 0.734. The van der Waals surface area contributed by atoms with Crippen LogP contribution in [-0.2, 0) is 4.79 Å². The van der Waals surface area contributed by atoms with Gasteiger partial charge in [-0.1, -0.05) is 25.1 Å². The van der Waals surface area contributed by atoms with Gasteiger partial charge >= 0.3 is 6.03 Å². The molecule has 1 rings (SSSR count). The molecule has 0 bridgehead atoms. The summed E-state index contributed by atoms with van der Waals surface area (Å²) in [6.07, 6.45) is 0.808. The second kappa shape index (κ2) is 7.53. The van der Waals surface area contributed by atoms with Crippen LogP contribution in [0.2, 0.25) is 0 Å². The standard InChI is InChI=1S/C15H23N3O2/c1-5-11-18(15(20)17(3)4)12(2)14(19)16-13-9-7-6-8-10-13/h6-10,12H,5,11H2,1-4H3,(H,16,19). The molecule has 0 radical (unpaired) electrons. The normalized spacial score (nSPS) is 11.6. The lowest BCUT2D eigenvalue weighted by molar-refractivity contribution is -0.120. The number of para-hydroxylation sites is 1. The Kier molecular flexibility index (Phi) is 6.03. The first-order valence-corrected chi connectivity index (χ1v) is 6.81. The Balaban J connectivity index is 2.76. The number of hydrogen-bond acceptors (Lipinski definition) is 2. The van der Waals surface area contributed by atoms with Crippen molar-refractivity contribution in [2.45, 2.75) is 26.3 Å². The Hall–Kier alpha value is -2.04. The fourth-order valence-electron chi connectivity index (χ4n) is 1.86. The van der Waals surface area contributed by atoms with E-state index in [4.69, 9.17) is 0 Å². The molecule has 0 spiro atoms. The highest BCUT2D eigenvalue weighted by atomic mass is 16.2. The third-order valence-corrected chi connectivity index (χ3v) is 2.98. The van der Waals surface area contributed by atoms with E-state index in [1.165, 1.54) is 4.90 Å². The highest BCUT2D eigenvalue weighted by Crippen LogP contribution is 2.10. The number of rotatable bonds is 5. The summed E-state index contributed by atoms with van der Waals surface area (Å²) in [4.78, 5) is 27.4. The summed E-state index contributed by atoms with van der Waals surface area (Å²) in [5.74, 6) is -0.181. The first-order valence-electron chi connectivity index (χ1n) is 6.81. The van der Waals surface area contributed by atoms with Gasteiger partial charge in [-0.2, -0.15) is 0 Å². The SMILES string of the molecule is CCCN(C(=O)N(C)C)C(C)C(=O)Nc1ccccc1. The van der Waals surface area contributed by atoms with Crippen molar-refractivity contribution in [3.8, 4) is 0 Å². The van der Waals surface area contributed by atoms with Crippen LogP contribution >= 0.6 is 0 Å². The molecule has 0 aliphatic heterocycles. The van der Waals surface area contributed by atoms with Crippen LogP contribution in [0.4, 0.5) is 10.5 Å². The van der Waals surface area contributed by atoms with Gasteiger partial charge in [0.15, 0.2) is 0 Å². The zero-order chi connectivity index (χ0) is 15.1. The van der Waals surface area contributed by atoms with E-state index in [1.807, 2.05) is 37.3 Å². The third kappa shape index (κ3) is 4.26. The third-order valence-electron chi connectivity index (χ3n) is 2.98. The number of hydrogen-bond donors (Lipinski definition) is 1. The van der Waals surface area contributed by atoms with E-state index in [9.17, 15) is 9.59 Å². The van der Waals surface area contributed by atoms with Gasteiger partial charge in [-0.15, -0.1) is 0 Å². The minimum absolute atomic E-state index is 0.150. The molecule has 0 fully saturated rings. The molecule has 5 nitrogen and oxygen atoms in total. The Labute approximate surface area is 120 Å². The molecule has 0 aliphatic carbocycles. The maximum Gasteiger partial charge on any atom is 0.320 e. The lowest BCUT2D eigenvalue weighted by atomic mass is 10.2. The number of anilines is 1. The maximum atomic E-state index is 12.2. The van der Waals surface area contributed by atoms with Gasteiger partial charge in [0.25, 0.3) is 0 Å². The zero-order valence-corrected chi connectivity index (χ0v) is 12.6. The minimum Gasteiger partial charge on any atom is -0.331 e. The van der Waals surface area contributed by atoms with Gasteiger partial charge in [-0.05, 0) is 25.5 Å². The Morgan fingerprint density at radius 2 is 1.80 bits per heavy atom. The second-order valence-electron chi connectivity index (χ2n) is 4.90. The van der Waals surface area contributed by atoms with E-state index in [2.05, 4.69) is 5.32 Å². The molecule has 0 aliphatic rings. The number of nitrogens with zero attached hydrogens (tertiary/aromatic N) is 2. The molecule has 1 atom stereocenters. The second-order valence-corrected chi connectivity index (χ2v) is 4.90. The summed E-state index contributed by atoms with van der Waals surface area (Å²) in [5, 5.41) is 2.82. The fourth-order valence-corrected chi connectivity index (χ4v) is 1.86. The quantitative estimate of drug-likeness (QED) is 0.898. The van der Waals surface area contributed by atoms with E-state index < -0.39 is 6.04 Å². The van der Waals surface area contributed by atoms with Gasteiger partial charge < -0.3 is 15.1 Å². The molecule has 0 saturated heterocycles. The Bertz CT molecular complexity index is 446. The Morgan fingerprint density at radius 3 is 2.30 bits per heavy atom. The van der Waals surface area contributed by atoms with Crippen LogP contribution in [0, 0.1) is 0 Å². The number of nitrogens with one attached hydrogen (secondary N) is 1. The molecule has 5 heteroatoms. The van der Waals surface area contributed by atoms with Gasteiger partial charge in [0.05, 0.1) is 0 Å². The van der Waals surface area contributed by atoms with Crippen molar-refractivity contribution in [1.29, 1.82) is 0 Å². The molecular weight excluding hydrogens is 254 g/mol. The molecule has 1 unspecified atom stereocenters. The first kappa shape index (κ1) is 16.0. The fraction of sp³-hybridized carbons (Fsp3) is 0.467. The number of benzene rings is 1. The average Bonchev–Trinajstić information content (AvgIpc) is 2.44. The smallest absolute Gasteiger partial charge is 0.320 e. The van der Waals surface area contributed by atoms with E-state index in [0.717, 1.165) is 12.1 Å². The molecule has 1 aromatic carbocycles. The number of amides is 3. The van der Waals surface area contributed by atoms with Crippen molar-refractivity contribution in [3.05, 3.63) is 30.3 Å². The summed E-state index contributed by atoms with van der Waals surface area (Å²) in [6, 6.07) is 8.58. The number of carbonyl (C=O) groups is 2. The van der Waals surface area contributed by atoms with Gasteiger partial charge in [-0.3, -0.25) is 4.79 Å². The zero-order valence-electron chi connectivity index (χ0n) is 12.6. The molecule has 0 aromatic heterocycles. The molecular formula is C15H23N3O2. The van der Waals surface area contributed by atoms with Crippen molar-refractivity contribution in [1.82, 2.24) is 9.80 Å². The summed E-state index contributed by atoms with van der Waals surface area (Å²) in [7, 11) is 3.37. The van der Waals surface area contributed by atoms with Crippen molar-refractivity contribution in [2.24, 2.45) is 0 Å². The van der Waals surface area contributed by atoms with Crippen molar-refractivity contribution in [2.75, 3.05) is 26.0 Å². The highest BCUT2D eigenvalue weighted by molar-refractivity contribution is 5.96. The lowest BCUT2D eigenvalue weighted by Crippen LogP contribution is -2.49. The highest BCUT2D eigenvalue weighted by Gasteiger charge is 2.26. The van der Waals surface area contributed by atoms with Crippen LogP contribution in [0.1, 0.15) is 20.3 Å². The molecule has 20 heavy (non-hydrogen) atoms. The van der Waals surface area contributed by atoms with Crippen molar-refractivity contribution >= 4 is 17.6 Å². The van der Waals surface area contributed by atoms with Gasteiger partial charge in [0.2, 0.25) is 5.91 Å². The molecule has 0 heterocycles. The van der Waals surface area contributed by atoms with Gasteiger partial charge in [0, 0.05) is 26.3 Å². The van der Waals surface area contributed by atoms with Crippen LogP contribution < -0.4 is 5.32 Å². The van der Waals surface area contributed by atoms with Crippen LogP contribution in [0.3, 0.4) is 0 Å². The summed E-state index contributed by atoms with van der Waals surface area (Å²) in [6.45, 7) is 4.29. The lowest BCUT2D eigenvalue weighted by Gasteiger charge is -2.30. The van der Waals surface area contributed by atoms with Crippen LogP contribution in [0.25, 0.3) is 0 Å². The number of urea groups is 1. The summed E-state index contributed by atoms with van der Waals surface area (Å²) >= 11 is 0. The molecule has 1 N–H and O–H groups in total. The van der Waals surface area contributed by atoms with E-state index in [-0.39, 0.29) is 11.9 Å². The van der Waals surface area contributed by atoms with Crippen molar-refractivity contribution in [3.63, 3.8) is 0 Å². The predicted molar refractivity (Wildman–Crippen MR) is 80.6 cm³/mol. The van der Waals surface area contributed by atoms with Crippen LogP contribution in [-0.4, -0.2) is 48.4 Å². The number of carbonyl (C=O) groups excluding carboxylic acids is 2. The maximum absolute atomic E-state index is 12.2. The van der Waals surface area contributed by atoms with Gasteiger partial charge in [0.1, 0.15) is 6.04 Å². The molecule has 110 valence electrons. The van der Waals surface area contributed by atoms with Gasteiger partial charge in [-0.25, -0.2) is 4.79 Å².